The Morgan fingerprint density at radius 2 is 2.12 bits per heavy atom. The maximum absolute atomic E-state index is 11.8. The average molecular weight is 253 g/mol. The van der Waals surface area contributed by atoms with E-state index in [-0.39, 0.29) is 17.0 Å². The van der Waals surface area contributed by atoms with Gasteiger partial charge >= 0.3 is 5.97 Å². The molecule has 0 heterocycles. The first-order chi connectivity index (χ1) is 8.03. The monoisotopic (exact) mass is 253 g/mol. The Labute approximate surface area is 99.8 Å². The van der Waals surface area contributed by atoms with Crippen molar-refractivity contribution in [2.45, 2.75) is 4.90 Å². The largest absolute Gasteiger partial charge is 0.465 e. The van der Waals surface area contributed by atoms with Gasteiger partial charge < -0.3 is 4.74 Å². The number of methoxy groups -OCH3 is 1. The molecular weight excluding hydrogens is 242 g/mol. The van der Waals surface area contributed by atoms with Crippen LogP contribution in [-0.4, -0.2) is 28.0 Å². The maximum Gasteiger partial charge on any atom is 0.339 e. The zero-order valence-corrected chi connectivity index (χ0v) is 9.95. The summed E-state index contributed by atoms with van der Waals surface area (Å²) in [6, 6.07) is 5.74. The van der Waals surface area contributed by atoms with Crippen LogP contribution in [0.5, 0.6) is 0 Å². The van der Waals surface area contributed by atoms with Gasteiger partial charge in [0.15, 0.2) is 0 Å². The highest BCUT2D eigenvalue weighted by atomic mass is 32.2. The molecule has 0 bridgehead atoms. The topological polar surface area (TPSA) is 72.5 Å². The van der Waals surface area contributed by atoms with Crippen molar-refractivity contribution in [2.24, 2.45) is 0 Å². The van der Waals surface area contributed by atoms with E-state index >= 15 is 0 Å². The molecule has 1 N–H and O–H groups in total. The predicted octanol–water partition coefficient (Wildman–Crippen LogP) is 0.385. The lowest BCUT2D eigenvalue weighted by atomic mass is 10.2. The molecule has 0 aliphatic heterocycles. The van der Waals surface area contributed by atoms with Crippen LogP contribution in [0, 0.1) is 12.3 Å². The van der Waals surface area contributed by atoms with E-state index in [1.165, 1.54) is 25.3 Å². The van der Waals surface area contributed by atoms with Crippen molar-refractivity contribution in [1.29, 1.82) is 0 Å². The van der Waals surface area contributed by atoms with Crippen LogP contribution in [0.2, 0.25) is 0 Å². The van der Waals surface area contributed by atoms with E-state index < -0.39 is 16.0 Å². The van der Waals surface area contributed by atoms with E-state index in [2.05, 4.69) is 15.4 Å². The molecule has 17 heavy (non-hydrogen) atoms. The Morgan fingerprint density at radius 1 is 1.47 bits per heavy atom. The van der Waals surface area contributed by atoms with Crippen LogP contribution in [0.1, 0.15) is 10.4 Å². The summed E-state index contributed by atoms with van der Waals surface area (Å²) in [5, 5.41) is 0. The summed E-state index contributed by atoms with van der Waals surface area (Å²) in [6.07, 6.45) is 4.97. The fourth-order valence-electron chi connectivity index (χ4n) is 1.19. The van der Waals surface area contributed by atoms with Gasteiger partial charge in [0.05, 0.1) is 24.1 Å². The number of sulfonamides is 1. The van der Waals surface area contributed by atoms with Crippen LogP contribution in [0.4, 0.5) is 0 Å². The van der Waals surface area contributed by atoms with E-state index in [0.29, 0.717) is 0 Å². The van der Waals surface area contributed by atoms with Crippen molar-refractivity contribution in [3.05, 3.63) is 29.8 Å². The molecule has 0 aliphatic rings. The summed E-state index contributed by atoms with van der Waals surface area (Å²) in [5.74, 6) is 1.43. The molecular formula is C11H11NO4S. The molecule has 0 saturated carbocycles. The molecule has 0 radical (unpaired) electrons. The van der Waals surface area contributed by atoms with Crippen LogP contribution >= 0.6 is 0 Å². The third kappa shape index (κ3) is 3.06. The first-order valence-electron chi connectivity index (χ1n) is 4.63. The normalized spacial score (nSPS) is 10.6. The van der Waals surface area contributed by atoms with Crippen molar-refractivity contribution in [2.75, 3.05) is 13.7 Å². The number of carbonyl (C=O) groups is 1. The van der Waals surface area contributed by atoms with Gasteiger partial charge in [-0.15, -0.1) is 6.42 Å². The highest BCUT2D eigenvalue weighted by Crippen LogP contribution is 2.15. The number of benzene rings is 1. The molecule has 90 valence electrons. The third-order valence-electron chi connectivity index (χ3n) is 1.95. The molecule has 0 unspecified atom stereocenters. The summed E-state index contributed by atoms with van der Waals surface area (Å²) in [4.78, 5) is 11.2. The molecule has 1 aromatic carbocycles. The molecule has 0 fully saturated rings. The molecule has 6 heteroatoms. The van der Waals surface area contributed by atoms with Crippen LogP contribution in [-0.2, 0) is 14.8 Å². The third-order valence-corrected chi connectivity index (χ3v) is 3.41. The summed E-state index contributed by atoms with van der Waals surface area (Å²) in [7, 11) is -2.62. The molecule has 1 aromatic rings. The second-order valence-electron chi connectivity index (χ2n) is 3.02. The van der Waals surface area contributed by atoms with Gasteiger partial charge in [-0.05, 0) is 12.1 Å². The van der Waals surface area contributed by atoms with E-state index in [1.807, 2.05) is 0 Å². The maximum atomic E-state index is 11.8. The molecule has 0 amide bonds. The Hall–Kier alpha value is -1.84. The van der Waals surface area contributed by atoms with Crippen molar-refractivity contribution in [3.8, 4) is 12.3 Å². The number of nitrogens with one attached hydrogen (secondary N) is 1. The number of terminal acetylenes is 1. The zero-order chi connectivity index (χ0) is 12.9. The molecule has 0 aromatic heterocycles. The SMILES string of the molecule is C#CCNS(=O)(=O)c1ccccc1C(=O)OC. The lowest BCUT2D eigenvalue weighted by molar-refractivity contribution is 0.0596. The number of ether oxygens (including phenoxy) is 1. The average Bonchev–Trinajstić information content (AvgIpc) is 2.35. The smallest absolute Gasteiger partial charge is 0.339 e. The van der Waals surface area contributed by atoms with Crippen molar-refractivity contribution in [1.82, 2.24) is 4.72 Å². The summed E-state index contributed by atoms with van der Waals surface area (Å²) >= 11 is 0. The van der Waals surface area contributed by atoms with E-state index in [0.717, 1.165) is 0 Å². The fourth-order valence-corrected chi connectivity index (χ4v) is 2.32. The molecule has 0 spiro atoms. The van der Waals surface area contributed by atoms with Gasteiger partial charge in [-0.1, -0.05) is 18.1 Å². The standard InChI is InChI=1S/C11H11NO4S/c1-3-8-12-17(14,15)10-7-5-4-6-9(10)11(13)16-2/h1,4-7,12H,8H2,2H3. The first kappa shape index (κ1) is 13.2. The summed E-state index contributed by atoms with van der Waals surface area (Å²) in [5.41, 5.74) is -0.0282. The Kier molecular flexibility index (Phi) is 4.26. The van der Waals surface area contributed by atoms with Gasteiger partial charge in [-0.25, -0.2) is 13.2 Å². The van der Waals surface area contributed by atoms with Crippen LogP contribution < -0.4 is 4.72 Å². The lowest BCUT2D eigenvalue weighted by Gasteiger charge is -2.08. The zero-order valence-electron chi connectivity index (χ0n) is 9.14. The predicted molar refractivity (Wildman–Crippen MR) is 61.8 cm³/mol. The number of carbonyl (C=O) groups excluding carboxylic acids is 1. The van der Waals surface area contributed by atoms with Crippen LogP contribution in [0.15, 0.2) is 29.2 Å². The Bertz CT molecular complexity index is 557. The van der Waals surface area contributed by atoms with E-state index in [1.54, 1.807) is 6.07 Å². The van der Waals surface area contributed by atoms with Crippen LogP contribution in [0.3, 0.4) is 0 Å². The van der Waals surface area contributed by atoms with Gasteiger partial charge in [0.25, 0.3) is 0 Å². The van der Waals surface area contributed by atoms with Gasteiger partial charge in [0.2, 0.25) is 10.0 Å². The second kappa shape index (κ2) is 5.48. The number of esters is 1. The number of rotatable bonds is 4. The molecule has 1 rings (SSSR count). The minimum Gasteiger partial charge on any atom is -0.465 e. The van der Waals surface area contributed by atoms with Crippen molar-refractivity contribution >= 4 is 16.0 Å². The molecule has 0 aliphatic carbocycles. The molecule has 0 saturated heterocycles. The van der Waals surface area contributed by atoms with Gasteiger partial charge in [0.1, 0.15) is 0 Å². The van der Waals surface area contributed by atoms with E-state index in [9.17, 15) is 13.2 Å². The summed E-state index contributed by atoms with van der Waals surface area (Å²) < 4.78 is 30.3. The first-order valence-corrected chi connectivity index (χ1v) is 6.11. The lowest BCUT2D eigenvalue weighted by Crippen LogP contribution is -2.26. The molecule has 5 nitrogen and oxygen atoms in total. The minimum atomic E-state index is -3.80. The quantitative estimate of drug-likeness (QED) is 0.622. The summed E-state index contributed by atoms with van der Waals surface area (Å²) in [6.45, 7) is -0.141. The van der Waals surface area contributed by atoms with Gasteiger partial charge in [-0.3, -0.25) is 0 Å². The number of hydrogen-bond donors (Lipinski definition) is 1. The highest BCUT2D eigenvalue weighted by molar-refractivity contribution is 7.89. The van der Waals surface area contributed by atoms with Gasteiger partial charge in [-0.2, -0.15) is 4.72 Å². The Morgan fingerprint density at radius 3 is 2.71 bits per heavy atom. The molecule has 0 atom stereocenters. The fraction of sp³-hybridized carbons (Fsp3) is 0.182. The van der Waals surface area contributed by atoms with Crippen molar-refractivity contribution < 1.29 is 17.9 Å². The van der Waals surface area contributed by atoms with Gasteiger partial charge in [0, 0.05) is 0 Å². The minimum absolute atomic E-state index is 0.0282. The van der Waals surface area contributed by atoms with Crippen LogP contribution in [0.25, 0.3) is 0 Å². The van der Waals surface area contributed by atoms with Crippen molar-refractivity contribution in [3.63, 3.8) is 0 Å². The highest BCUT2D eigenvalue weighted by Gasteiger charge is 2.21. The number of hydrogen-bond acceptors (Lipinski definition) is 4. The Balaban J connectivity index is 3.23. The second-order valence-corrected chi connectivity index (χ2v) is 4.75. The van der Waals surface area contributed by atoms with E-state index in [4.69, 9.17) is 6.42 Å².